The van der Waals surface area contributed by atoms with E-state index in [0.29, 0.717) is 11.6 Å². The van der Waals surface area contributed by atoms with Crippen molar-refractivity contribution in [1.82, 2.24) is 0 Å². The van der Waals surface area contributed by atoms with Crippen LogP contribution in [0.4, 0.5) is 11.4 Å². The van der Waals surface area contributed by atoms with Gasteiger partial charge in [0.2, 0.25) is 5.91 Å². The van der Waals surface area contributed by atoms with Crippen LogP contribution in [0.5, 0.6) is 0 Å². The maximum atomic E-state index is 12.6. The molecule has 0 aromatic heterocycles. The monoisotopic (exact) mass is 408 g/mol. The van der Waals surface area contributed by atoms with E-state index in [4.69, 9.17) is 4.74 Å². The van der Waals surface area contributed by atoms with Crippen LogP contribution >= 0.6 is 0 Å². The third-order valence-corrected chi connectivity index (χ3v) is 5.59. The number of hydrogen-bond acceptors (Lipinski definition) is 4. The Kier molecular flexibility index (Phi) is 6.87. The van der Waals surface area contributed by atoms with Crippen LogP contribution in [0, 0.1) is 12.8 Å². The van der Waals surface area contributed by atoms with Gasteiger partial charge in [-0.25, -0.2) is 0 Å². The Bertz CT molecular complexity index is 940. The van der Waals surface area contributed by atoms with Crippen LogP contribution in [0.2, 0.25) is 0 Å². The quantitative estimate of drug-likeness (QED) is 0.702. The molecule has 1 fully saturated rings. The first-order valence-electron chi connectivity index (χ1n) is 10.3. The third kappa shape index (κ3) is 4.87. The number of hydrogen-bond donors (Lipinski definition) is 1. The zero-order valence-electron chi connectivity index (χ0n) is 17.7. The molecule has 0 unspecified atom stereocenters. The molecule has 158 valence electrons. The summed E-state index contributed by atoms with van der Waals surface area (Å²) in [6, 6.07) is 15.2. The molecule has 0 spiro atoms. The molecule has 0 radical (unpaired) electrons. The molecule has 2 atom stereocenters. The minimum atomic E-state index is -0.575. The van der Waals surface area contributed by atoms with E-state index in [9.17, 15) is 14.4 Å². The van der Waals surface area contributed by atoms with Crippen molar-refractivity contribution in [3.63, 3.8) is 0 Å². The number of para-hydroxylation sites is 2. The molecule has 1 heterocycles. The highest BCUT2D eigenvalue weighted by molar-refractivity contribution is 6.00. The molecule has 6 nitrogen and oxygen atoms in total. The fraction of sp³-hybridized carbons (Fsp3) is 0.375. The molecule has 1 saturated heterocycles. The molecule has 1 aliphatic rings. The Balaban J connectivity index is 1.59. The maximum Gasteiger partial charge on any atom is 0.311 e. The summed E-state index contributed by atoms with van der Waals surface area (Å²) in [6.45, 7) is 6.01. The van der Waals surface area contributed by atoms with Crippen molar-refractivity contribution in [2.75, 3.05) is 23.4 Å². The Morgan fingerprint density at radius 3 is 2.60 bits per heavy atom. The molecule has 1 aliphatic heterocycles. The van der Waals surface area contributed by atoms with E-state index >= 15 is 0 Å². The van der Waals surface area contributed by atoms with E-state index in [2.05, 4.69) is 19.2 Å². The fourth-order valence-corrected chi connectivity index (χ4v) is 3.62. The van der Waals surface area contributed by atoms with Gasteiger partial charge in [0, 0.05) is 24.3 Å². The van der Waals surface area contributed by atoms with Gasteiger partial charge in [0.15, 0.2) is 6.61 Å². The number of carbonyl (C=O) groups excluding carboxylic acids is 3. The molecular formula is C24H28N2O4. The van der Waals surface area contributed by atoms with Gasteiger partial charge in [-0.3, -0.25) is 14.4 Å². The number of rotatable bonds is 7. The minimum Gasteiger partial charge on any atom is -0.455 e. The van der Waals surface area contributed by atoms with E-state index in [1.165, 1.54) is 0 Å². The lowest BCUT2D eigenvalue weighted by Crippen LogP contribution is -2.29. The highest BCUT2D eigenvalue weighted by Crippen LogP contribution is 2.33. The van der Waals surface area contributed by atoms with E-state index in [1.807, 2.05) is 49.4 Å². The Labute approximate surface area is 177 Å². The molecule has 6 heteroatoms. The van der Waals surface area contributed by atoms with Crippen LogP contribution in [0.25, 0.3) is 0 Å². The van der Waals surface area contributed by atoms with Gasteiger partial charge in [-0.05, 0) is 42.5 Å². The average Bonchev–Trinajstić information content (AvgIpc) is 3.14. The predicted molar refractivity (Wildman–Crippen MR) is 116 cm³/mol. The summed E-state index contributed by atoms with van der Waals surface area (Å²) in [6.07, 6.45) is 1.05. The van der Waals surface area contributed by atoms with E-state index in [0.717, 1.165) is 23.2 Å². The second kappa shape index (κ2) is 9.57. The van der Waals surface area contributed by atoms with Gasteiger partial charge >= 0.3 is 5.97 Å². The normalized spacial score (nSPS) is 17.0. The highest BCUT2D eigenvalue weighted by atomic mass is 16.5. The second-order valence-corrected chi connectivity index (χ2v) is 7.74. The van der Waals surface area contributed by atoms with E-state index in [1.54, 1.807) is 11.0 Å². The van der Waals surface area contributed by atoms with Crippen LogP contribution in [-0.4, -0.2) is 30.9 Å². The van der Waals surface area contributed by atoms with Crippen molar-refractivity contribution in [2.24, 2.45) is 5.92 Å². The summed E-state index contributed by atoms with van der Waals surface area (Å²) >= 11 is 0. The van der Waals surface area contributed by atoms with Gasteiger partial charge in [0.25, 0.3) is 5.91 Å². The molecule has 0 saturated carbocycles. The number of aryl methyl sites for hydroxylation is 1. The number of esters is 1. The van der Waals surface area contributed by atoms with Crippen LogP contribution < -0.4 is 10.2 Å². The van der Waals surface area contributed by atoms with Crippen LogP contribution in [0.15, 0.2) is 48.5 Å². The van der Waals surface area contributed by atoms with Crippen LogP contribution in [0.1, 0.15) is 43.7 Å². The minimum absolute atomic E-state index is 0.0904. The topological polar surface area (TPSA) is 75.7 Å². The fourth-order valence-electron chi connectivity index (χ4n) is 3.62. The van der Waals surface area contributed by atoms with Gasteiger partial charge in [0.05, 0.1) is 5.92 Å². The van der Waals surface area contributed by atoms with Crippen molar-refractivity contribution < 1.29 is 19.1 Å². The number of ether oxygens (including phenoxy) is 1. The zero-order chi connectivity index (χ0) is 21.7. The highest BCUT2D eigenvalue weighted by Gasteiger charge is 2.37. The average molecular weight is 408 g/mol. The van der Waals surface area contributed by atoms with Gasteiger partial charge in [0.1, 0.15) is 0 Å². The summed E-state index contributed by atoms with van der Waals surface area (Å²) in [5.74, 6) is -1.29. The lowest BCUT2D eigenvalue weighted by molar-refractivity contribution is -0.151. The molecule has 2 amide bonds. The first-order valence-corrected chi connectivity index (χ1v) is 10.3. The SMILES string of the molecule is CC[C@H](C)c1ccccc1N1C[C@H](C(=O)OCC(=O)Nc2ccccc2C)CC1=O. The first kappa shape index (κ1) is 21.6. The Hall–Kier alpha value is -3.15. The number of amides is 2. The lowest BCUT2D eigenvalue weighted by atomic mass is 9.96. The smallest absolute Gasteiger partial charge is 0.311 e. The number of anilines is 2. The van der Waals surface area contributed by atoms with Crippen molar-refractivity contribution >= 4 is 29.2 Å². The molecule has 1 N–H and O–H groups in total. The molecular weight excluding hydrogens is 380 g/mol. The number of benzene rings is 2. The molecule has 30 heavy (non-hydrogen) atoms. The third-order valence-electron chi connectivity index (χ3n) is 5.59. The summed E-state index contributed by atoms with van der Waals surface area (Å²) < 4.78 is 5.20. The van der Waals surface area contributed by atoms with Gasteiger partial charge in [-0.15, -0.1) is 0 Å². The maximum absolute atomic E-state index is 12.6. The van der Waals surface area contributed by atoms with Crippen molar-refractivity contribution in [3.8, 4) is 0 Å². The van der Waals surface area contributed by atoms with Crippen molar-refractivity contribution in [2.45, 2.75) is 39.5 Å². The van der Waals surface area contributed by atoms with Gasteiger partial charge in [-0.2, -0.15) is 0 Å². The van der Waals surface area contributed by atoms with Gasteiger partial charge in [-0.1, -0.05) is 50.2 Å². The van der Waals surface area contributed by atoms with E-state index in [-0.39, 0.29) is 25.5 Å². The van der Waals surface area contributed by atoms with Crippen LogP contribution in [0.3, 0.4) is 0 Å². The largest absolute Gasteiger partial charge is 0.455 e. The summed E-state index contributed by atoms with van der Waals surface area (Å²) in [5.41, 5.74) is 3.56. The molecule has 0 aliphatic carbocycles. The molecule has 2 aromatic rings. The van der Waals surface area contributed by atoms with Gasteiger partial charge < -0.3 is 15.0 Å². The number of nitrogens with zero attached hydrogens (tertiary/aromatic N) is 1. The number of carbonyl (C=O) groups is 3. The summed E-state index contributed by atoms with van der Waals surface area (Å²) in [7, 11) is 0. The Morgan fingerprint density at radius 1 is 1.17 bits per heavy atom. The second-order valence-electron chi connectivity index (χ2n) is 7.74. The summed E-state index contributed by atoms with van der Waals surface area (Å²) in [4.78, 5) is 38.9. The van der Waals surface area contributed by atoms with Crippen molar-refractivity contribution in [1.29, 1.82) is 0 Å². The zero-order valence-corrected chi connectivity index (χ0v) is 17.7. The Morgan fingerprint density at radius 2 is 1.87 bits per heavy atom. The number of nitrogens with one attached hydrogen (secondary N) is 1. The molecule has 2 aromatic carbocycles. The standard InChI is InChI=1S/C24H28N2O4/c1-4-16(2)19-10-6-8-12-21(19)26-14-18(13-23(26)28)24(29)30-15-22(27)25-20-11-7-5-9-17(20)3/h5-12,16,18H,4,13-15H2,1-3H3,(H,25,27)/t16-,18+/m0/s1. The first-order chi connectivity index (χ1) is 14.4. The predicted octanol–water partition coefficient (Wildman–Crippen LogP) is 4.04. The van der Waals surface area contributed by atoms with Crippen molar-refractivity contribution in [3.05, 3.63) is 59.7 Å². The lowest BCUT2D eigenvalue weighted by Gasteiger charge is -2.23. The molecule has 0 bridgehead atoms. The summed E-state index contributed by atoms with van der Waals surface area (Å²) in [5, 5.41) is 2.73. The van der Waals surface area contributed by atoms with E-state index < -0.39 is 17.8 Å². The van der Waals surface area contributed by atoms with Crippen LogP contribution in [-0.2, 0) is 19.1 Å². The molecule has 3 rings (SSSR count).